The molecule has 9 heteroatoms. The fraction of sp³-hybridized carbons (Fsp3) is 0.368. The minimum atomic E-state index is -0.371. The average molecular weight is 376 g/mol. The van der Waals surface area contributed by atoms with E-state index in [4.69, 9.17) is 20.7 Å². The molecule has 0 amide bonds. The molecular weight excluding hydrogens is 356 g/mol. The van der Waals surface area contributed by atoms with Gasteiger partial charge in [-0.15, -0.1) is 0 Å². The molecule has 3 aromatic rings. The van der Waals surface area contributed by atoms with Crippen LogP contribution in [0, 0.1) is 11.3 Å². The normalized spacial score (nSPS) is 21.8. The van der Waals surface area contributed by atoms with Crippen LogP contribution in [0.2, 0.25) is 0 Å². The van der Waals surface area contributed by atoms with Crippen LogP contribution in [0.4, 0.5) is 17.2 Å². The number of hydrogen-bond acceptors (Lipinski definition) is 8. The summed E-state index contributed by atoms with van der Waals surface area (Å²) < 4.78 is 7.40. The fourth-order valence-electron chi connectivity index (χ4n) is 3.86. The Labute approximate surface area is 161 Å². The van der Waals surface area contributed by atoms with E-state index in [1.54, 1.807) is 30.1 Å². The van der Waals surface area contributed by atoms with E-state index in [1.165, 1.54) is 0 Å². The van der Waals surface area contributed by atoms with Crippen LogP contribution in [0.1, 0.15) is 13.3 Å². The van der Waals surface area contributed by atoms with Gasteiger partial charge >= 0.3 is 0 Å². The van der Waals surface area contributed by atoms with Crippen molar-refractivity contribution >= 4 is 28.2 Å². The smallest absolute Gasteiger partial charge is 0.167 e. The maximum Gasteiger partial charge on any atom is 0.167 e. The van der Waals surface area contributed by atoms with Gasteiger partial charge in [0, 0.05) is 18.0 Å². The molecule has 5 rings (SSSR count). The number of pyridine rings is 2. The number of nitrogens with zero attached hydrogens (tertiary/aromatic N) is 6. The van der Waals surface area contributed by atoms with Gasteiger partial charge in [-0.3, -0.25) is 0 Å². The number of morpholine rings is 1. The molecule has 0 spiro atoms. The summed E-state index contributed by atoms with van der Waals surface area (Å²) >= 11 is 0. The predicted octanol–water partition coefficient (Wildman–Crippen LogP) is 1.70. The Balaban J connectivity index is 1.53. The van der Waals surface area contributed by atoms with Gasteiger partial charge in [0.15, 0.2) is 11.5 Å². The molecule has 1 unspecified atom stereocenters. The van der Waals surface area contributed by atoms with Crippen molar-refractivity contribution in [3.63, 3.8) is 0 Å². The molecule has 3 atom stereocenters. The maximum atomic E-state index is 9.05. The zero-order valence-corrected chi connectivity index (χ0v) is 15.4. The van der Waals surface area contributed by atoms with E-state index in [-0.39, 0.29) is 6.04 Å². The molecule has 0 aromatic carbocycles. The van der Waals surface area contributed by atoms with Gasteiger partial charge in [0.05, 0.1) is 48.6 Å². The van der Waals surface area contributed by atoms with Crippen molar-refractivity contribution in [3.05, 3.63) is 30.6 Å². The number of nitrogen functional groups attached to an aromatic ring is 1. The first-order valence-corrected chi connectivity index (χ1v) is 9.27. The molecule has 0 radical (unpaired) electrons. The van der Waals surface area contributed by atoms with Gasteiger partial charge in [0.25, 0.3) is 0 Å². The summed E-state index contributed by atoms with van der Waals surface area (Å²) in [5, 5.41) is 17.5. The first kappa shape index (κ1) is 16.8. The van der Waals surface area contributed by atoms with Gasteiger partial charge in [0.2, 0.25) is 0 Å². The lowest BCUT2D eigenvalue weighted by Crippen LogP contribution is -2.37. The molecule has 3 aromatic heterocycles. The quantitative estimate of drug-likeness (QED) is 0.706. The van der Waals surface area contributed by atoms with Crippen LogP contribution in [0.25, 0.3) is 16.9 Å². The maximum absolute atomic E-state index is 9.05. The first-order chi connectivity index (χ1) is 13.6. The number of rotatable bonds is 4. The van der Waals surface area contributed by atoms with Crippen LogP contribution in [-0.2, 0) is 4.74 Å². The van der Waals surface area contributed by atoms with Gasteiger partial charge in [-0.2, -0.15) is 15.0 Å². The number of anilines is 3. The van der Waals surface area contributed by atoms with E-state index in [0.29, 0.717) is 29.3 Å². The number of hydrogen-bond donors (Lipinski definition) is 2. The summed E-state index contributed by atoms with van der Waals surface area (Å²) in [5.74, 6) is 1.52. The number of ether oxygens (including phenoxy) is 1. The van der Waals surface area contributed by atoms with Gasteiger partial charge in [-0.25, -0.2) is 9.97 Å². The third-order valence-corrected chi connectivity index (χ3v) is 5.30. The van der Waals surface area contributed by atoms with Crippen LogP contribution in [-0.4, -0.2) is 51.1 Å². The van der Waals surface area contributed by atoms with Crippen molar-refractivity contribution in [1.29, 1.82) is 5.26 Å². The molecule has 2 aliphatic rings. The number of aromatic nitrogens is 4. The standard InChI is InChI=1S/C19H20N8O/c1-11(6-20)24-16-5-18(22-8-15(16)21)27-19-12(7-23-27)2-3-17(25-19)26-9-14-4-13(26)10-28-14/h2-3,5,7-8,11,13-14H,4,9-10,21H2,1H3,(H,22,24)/t11?,13-,14-/m1/s1. The molecule has 0 saturated carbocycles. The van der Waals surface area contributed by atoms with Crippen LogP contribution in [0.3, 0.4) is 0 Å². The Bertz CT molecular complexity index is 1090. The zero-order valence-electron chi connectivity index (χ0n) is 15.4. The number of nitrogens with two attached hydrogens (primary N) is 1. The average Bonchev–Trinajstić information content (AvgIpc) is 3.44. The molecule has 3 N–H and O–H groups in total. The van der Waals surface area contributed by atoms with Crippen LogP contribution < -0.4 is 16.0 Å². The molecular formula is C19H20N8O. The minimum absolute atomic E-state index is 0.307. The molecule has 2 fully saturated rings. The Morgan fingerprint density at radius 2 is 2.25 bits per heavy atom. The second kappa shape index (κ2) is 6.35. The summed E-state index contributed by atoms with van der Waals surface area (Å²) in [7, 11) is 0. The van der Waals surface area contributed by atoms with Gasteiger partial charge < -0.3 is 20.7 Å². The topological polar surface area (TPSA) is 118 Å². The largest absolute Gasteiger partial charge is 0.396 e. The molecule has 0 aliphatic carbocycles. The van der Waals surface area contributed by atoms with Gasteiger partial charge in [-0.1, -0.05) is 0 Å². The highest BCUT2D eigenvalue weighted by atomic mass is 16.5. The predicted molar refractivity (Wildman–Crippen MR) is 105 cm³/mol. The second-order valence-electron chi connectivity index (χ2n) is 7.26. The molecule has 142 valence electrons. The number of nitrogens with one attached hydrogen (secondary N) is 1. The van der Waals surface area contributed by atoms with E-state index in [0.717, 1.165) is 36.4 Å². The summed E-state index contributed by atoms with van der Waals surface area (Å²) in [5.41, 5.74) is 7.86. The summed E-state index contributed by atoms with van der Waals surface area (Å²) in [6.45, 7) is 3.40. The summed E-state index contributed by atoms with van der Waals surface area (Å²) in [6.07, 6.45) is 4.71. The number of fused-ring (bicyclic) bond motifs is 3. The van der Waals surface area contributed by atoms with Gasteiger partial charge in [0.1, 0.15) is 11.9 Å². The summed E-state index contributed by atoms with van der Waals surface area (Å²) in [4.78, 5) is 11.6. The highest BCUT2D eigenvalue weighted by molar-refractivity contribution is 5.79. The molecule has 9 nitrogen and oxygen atoms in total. The van der Waals surface area contributed by atoms with Crippen LogP contribution in [0.5, 0.6) is 0 Å². The Hall–Kier alpha value is -3.38. The van der Waals surface area contributed by atoms with Crippen molar-refractivity contribution in [2.24, 2.45) is 0 Å². The van der Waals surface area contributed by atoms with E-state index in [9.17, 15) is 0 Å². The van der Waals surface area contributed by atoms with E-state index in [1.807, 2.05) is 12.1 Å². The van der Waals surface area contributed by atoms with Crippen molar-refractivity contribution in [3.8, 4) is 11.9 Å². The lowest BCUT2D eigenvalue weighted by molar-refractivity contribution is 0.0989. The zero-order chi connectivity index (χ0) is 19.3. The summed E-state index contributed by atoms with van der Waals surface area (Å²) in [6, 6.07) is 8.01. The van der Waals surface area contributed by atoms with E-state index in [2.05, 4.69) is 26.4 Å². The Morgan fingerprint density at radius 3 is 3.00 bits per heavy atom. The molecule has 28 heavy (non-hydrogen) atoms. The lowest BCUT2D eigenvalue weighted by atomic mass is 10.2. The molecule has 2 aliphatic heterocycles. The van der Waals surface area contributed by atoms with E-state index >= 15 is 0 Å². The molecule has 2 saturated heterocycles. The van der Waals surface area contributed by atoms with Crippen molar-refractivity contribution < 1.29 is 4.74 Å². The first-order valence-electron chi connectivity index (χ1n) is 9.27. The third kappa shape index (κ3) is 2.70. The highest BCUT2D eigenvalue weighted by Gasteiger charge is 2.39. The molecule has 2 bridgehead atoms. The monoisotopic (exact) mass is 376 g/mol. The molecule has 5 heterocycles. The van der Waals surface area contributed by atoms with Crippen LogP contribution >= 0.6 is 0 Å². The SMILES string of the molecule is CC(C#N)Nc1cc(-n2ncc3ccc(N4C[C@H]5C[C@@H]4CO5)nc32)ncc1N. The van der Waals surface area contributed by atoms with Crippen molar-refractivity contribution in [1.82, 2.24) is 19.7 Å². The highest BCUT2D eigenvalue weighted by Crippen LogP contribution is 2.32. The fourth-order valence-corrected chi connectivity index (χ4v) is 3.86. The number of nitriles is 1. The Morgan fingerprint density at radius 1 is 1.36 bits per heavy atom. The minimum Gasteiger partial charge on any atom is -0.396 e. The third-order valence-electron chi connectivity index (χ3n) is 5.30. The van der Waals surface area contributed by atoms with Crippen LogP contribution in [0.15, 0.2) is 30.6 Å². The second-order valence-corrected chi connectivity index (χ2v) is 7.26. The van der Waals surface area contributed by atoms with Crippen molar-refractivity contribution in [2.75, 3.05) is 29.1 Å². The Kier molecular flexibility index (Phi) is 3.80. The van der Waals surface area contributed by atoms with E-state index < -0.39 is 0 Å². The van der Waals surface area contributed by atoms with Gasteiger partial charge in [-0.05, 0) is 25.5 Å². The lowest BCUT2D eigenvalue weighted by Gasteiger charge is -2.27. The van der Waals surface area contributed by atoms with Crippen molar-refractivity contribution in [2.45, 2.75) is 31.5 Å².